The number of H-pyrrole nitrogens is 1. The standard InChI is InChI=1S/C22H23F3N4O3/c1-31-18-8-4-17(5-9-18)29-21(30)26-20(27-29)16-10-12-28(13-11-16)14-15-2-6-19(7-3-15)32-22(23,24)25/h2-9,16H,10-14H2,1H3,(H,26,27,30). The molecule has 0 bridgehead atoms. The molecule has 7 nitrogen and oxygen atoms in total. The molecule has 0 spiro atoms. The van der Waals surface area contributed by atoms with Crippen LogP contribution in [0.4, 0.5) is 13.2 Å². The molecule has 1 aliphatic heterocycles. The van der Waals surface area contributed by atoms with Gasteiger partial charge in [0, 0.05) is 12.5 Å². The molecule has 1 N–H and O–H groups in total. The number of piperidine rings is 1. The summed E-state index contributed by atoms with van der Waals surface area (Å²) < 4.78 is 47.2. The molecular weight excluding hydrogens is 425 g/mol. The van der Waals surface area contributed by atoms with Crippen LogP contribution in [0.2, 0.25) is 0 Å². The number of hydrogen-bond acceptors (Lipinski definition) is 5. The second-order valence-electron chi connectivity index (χ2n) is 7.67. The van der Waals surface area contributed by atoms with E-state index in [-0.39, 0.29) is 17.4 Å². The fourth-order valence-corrected chi connectivity index (χ4v) is 3.84. The molecule has 2 aromatic carbocycles. The van der Waals surface area contributed by atoms with Crippen LogP contribution in [0.5, 0.6) is 11.5 Å². The molecule has 32 heavy (non-hydrogen) atoms. The Balaban J connectivity index is 1.34. The van der Waals surface area contributed by atoms with Crippen molar-refractivity contribution in [3.8, 4) is 17.2 Å². The van der Waals surface area contributed by atoms with Crippen molar-refractivity contribution in [2.45, 2.75) is 31.7 Å². The van der Waals surface area contributed by atoms with Crippen molar-refractivity contribution in [2.75, 3.05) is 20.2 Å². The zero-order valence-corrected chi connectivity index (χ0v) is 17.4. The van der Waals surface area contributed by atoms with Crippen molar-refractivity contribution in [1.82, 2.24) is 19.7 Å². The molecule has 10 heteroatoms. The van der Waals surface area contributed by atoms with E-state index in [1.54, 1.807) is 43.5 Å². The van der Waals surface area contributed by atoms with E-state index in [9.17, 15) is 18.0 Å². The summed E-state index contributed by atoms with van der Waals surface area (Å²) in [5.41, 5.74) is 1.29. The summed E-state index contributed by atoms with van der Waals surface area (Å²) in [6.45, 7) is 2.22. The first kappa shape index (κ1) is 21.9. The maximum Gasteiger partial charge on any atom is 0.573 e. The maximum atomic E-state index is 12.4. The fraction of sp³-hybridized carbons (Fsp3) is 0.364. The highest BCUT2D eigenvalue weighted by Gasteiger charge is 2.31. The molecule has 1 saturated heterocycles. The van der Waals surface area contributed by atoms with Crippen LogP contribution in [0.15, 0.2) is 53.3 Å². The van der Waals surface area contributed by atoms with E-state index in [1.165, 1.54) is 16.8 Å². The number of aromatic amines is 1. The molecule has 1 fully saturated rings. The van der Waals surface area contributed by atoms with Gasteiger partial charge in [-0.05, 0) is 67.9 Å². The van der Waals surface area contributed by atoms with Gasteiger partial charge in [-0.1, -0.05) is 12.1 Å². The Morgan fingerprint density at radius 1 is 1.03 bits per heavy atom. The summed E-state index contributed by atoms with van der Waals surface area (Å²) >= 11 is 0. The van der Waals surface area contributed by atoms with Gasteiger partial charge >= 0.3 is 12.1 Å². The van der Waals surface area contributed by atoms with Crippen LogP contribution in [0, 0.1) is 0 Å². The second-order valence-corrected chi connectivity index (χ2v) is 7.67. The molecule has 1 aromatic heterocycles. The van der Waals surface area contributed by atoms with E-state index in [0.29, 0.717) is 23.8 Å². The first-order valence-electron chi connectivity index (χ1n) is 10.2. The Morgan fingerprint density at radius 3 is 2.25 bits per heavy atom. The molecule has 0 aliphatic carbocycles. The molecule has 1 aliphatic rings. The smallest absolute Gasteiger partial charge is 0.497 e. The number of alkyl halides is 3. The third-order valence-electron chi connectivity index (χ3n) is 5.49. The number of nitrogens with zero attached hydrogens (tertiary/aromatic N) is 3. The van der Waals surface area contributed by atoms with Crippen LogP contribution in [-0.4, -0.2) is 46.2 Å². The van der Waals surface area contributed by atoms with Gasteiger partial charge in [0.05, 0.1) is 12.8 Å². The number of hydrogen-bond donors (Lipinski definition) is 1. The van der Waals surface area contributed by atoms with Gasteiger partial charge in [0.2, 0.25) is 0 Å². The molecule has 0 atom stereocenters. The molecule has 0 unspecified atom stereocenters. The predicted molar refractivity (Wildman–Crippen MR) is 111 cm³/mol. The Morgan fingerprint density at radius 2 is 1.66 bits per heavy atom. The van der Waals surface area contributed by atoms with Crippen LogP contribution >= 0.6 is 0 Å². The molecular formula is C22H23F3N4O3. The van der Waals surface area contributed by atoms with Gasteiger partial charge in [0.25, 0.3) is 0 Å². The van der Waals surface area contributed by atoms with E-state index in [4.69, 9.17) is 4.74 Å². The Hall–Kier alpha value is -3.27. The Labute approximate surface area is 182 Å². The minimum Gasteiger partial charge on any atom is -0.497 e. The number of rotatable bonds is 6. The predicted octanol–water partition coefficient (Wildman–Crippen LogP) is 3.85. The monoisotopic (exact) mass is 448 g/mol. The number of likely N-dealkylation sites (tertiary alicyclic amines) is 1. The first-order valence-corrected chi connectivity index (χ1v) is 10.2. The van der Waals surface area contributed by atoms with Crippen molar-refractivity contribution >= 4 is 0 Å². The summed E-state index contributed by atoms with van der Waals surface area (Å²) in [5, 5.41) is 4.49. The van der Waals surface area contributed by atoms with Crippen molar-refractivity contribution in [3.05, 3.63) is 70.4 Å². The number of benzene rings is 2. The molecule has 170 valence electrons. The van der Waals surface area contributed by atoms with Gasteiger partial charge in [-0.2, -0.15) is 4.68 Å². The van der Waals surface area contributed by atoms with E-state index < -0.39 is 6.36 Å². The van der Waals surface area contributed by atoms with Gasteiger partial charge in [-0.25, -0.2) is 4.79 Å². The van der Waals surface area contributed by atoms with E-state index >= 15 is 0 Å². The average molecular weight is 448 g/mol. The van der Waals surface area contributed by atoms with Crippen molar-refractivity contribution in [2.24, 2.45) is 0 Å². The number of halogens is 3. The Kier molecular flexibility index (Phi) is 6.22. The topological polar surface area (TPSA) is 72.4 Å². The maximum absolute atomic E-state index is 12.4. The molecule has 0 saturated carbocycles. The zero-order valence-electron chi connectivity index (χ0n) is 17.4. The van der Waals surface area contributed by atoms with E-state index in [0.717, 1.165) is 31.5 Å². The summed E-state index contributed by atoms with van der Waals surface area (Å²) in [4.78, 5) is 17.5. The van der Waals surface area contributed by atoms with E-state index in [1.807, 2.05) is 0 Å². The van der Waals surface area contributed by atoms with Crippen LogP contribution in [-0.2, 0) is 6.54 Å². The SMILES string of the molecule is COc1ccc(-n2nc(C3CCN(Cc4ccc(OC(F)(F)F)cc4)CC3)[nH]c2=O)cc1. The Bertz CT molecular complexity index is 1080. The van der Waals surface area contributed by atoms with Gasteiger partial charge in [0.1, 0.15) is 17.3 Å². The highest BCUT2D eigenvalue weighted by molar-refractivity contribution is 5.36. The second kappa shape index (κ2) is 9.07. The van der Waals surface area contributed by atoms with Crippen molar-refractivity contribution in [1.29, 1.82) is 0 Å². The fourth-order valence-electron chi connectivity index (χ4n) is 3.84. The molecule has 0 amide bonds. The first-order chi connectivity index (χ1) is 15.3. The molecule has 0 radical (unpaired) electrons. The number of nitrogens with one attached hydrogen (secondary N) is 1. The lowest BCUT2D eigenvalue weighted by molar-refractivity contribution is -0.274. The van der Waals surface area contributed by atoms with Gasteiger partial charge in [0.15, 0.2) is 0 Å². The third-order valence-corrected chi connectivity index (χ3v) is 5.49. The molecule has 3 aromatic rings. The number of methoxy groups -OCH3 is 1. The average Bonchev–Trinajstić information content (AvgIpc) is 3.16. The lowest BCUT2D eigenvalue weighted by Crippen LogP contribution is -2.32. The van der Waals surface area contributed by atoms with Crippen LogP contribution < -0.4 is 15.2 Å². The van der Waals surface area contributed by atoms with Crippen LogP contribution in [0.1, 0.15) is 30.1 Å². The normalized spacial score (nSPS) is 15.6. The quantitative estimate of drug-likeness (QED) is 0.620. The molecule has 2 heterocycles. The number of aromatic nitrogens is 3. The van der Waals surface area contributed by atoms with Gasteiger partial charge < -0.3 is 9.47 Å². The highest BCUT2D eigenvalue weighted by atomic mass is 19.4. The summed E-state index contributed by atoms with van der Waals surface area (Å²) in [7, 11) is 1.58. The minimum absolute atomic E-state index is 0.140. The lowest BCUT2D eigenvalue weighted by Gasteiger charge is -2.30. The summed E-state index contributed by atoms with van der Waals surface area (Å²) in [6.07, 6.45) is -3.04. The van der Waals surface area contributed by atoms with Crippen LogP contribution in [0.3, 0.4) is 0 Å². The van der Waals surface area contributed by atoms with Crippen LogP contribution in [0.25, 0.3) is 5.69 Å². The van der Waals surface area contributed by atoms with E-state index in [2.05, 4.69) is 19.7 Å². The highest BCUT2D eigenvalue weighted by Crippen LogP contribution is 2.27. The van der Waals surface area contributed by atoms with Crippen molar-refractivity contribution < 1.29 is 22.6 Å². The lowest BCUT2D eigenvalue weighted by atomic mass is 9.96. The van der Waals surface area contributed by atoms with Gasteiger partial charge in [-0.3, -0.25) is 9.88 Å². The number of ether oxygens (including phenoxy) is 2. The molecule has 4 rings (SSSR count). The van der Waals surface area contributed by atoms with Crippen molar-refractivity contribution in [3.63, 3.8) is 0 Å². The van der Waals surface area contributed by atoms with Gasteiger partial charge in [-0.15, -0.1) is 18.3 Å². The largest absolute Gasteiger partial charge is 0.573 e. The third kappa shape index (κ3) is 5.31. The zero-order chi connectivity index (χ0) is 22.7. The summed E-state index contributed by atoms with van der Waals surface area (Å²) in [6, 6.07) is 13.0. The summed E-state index contributed by atoms with van der Waals surface area (Å²) in [5.74, 6) is 1.28. The minimum atomic E-state index is -4.69.